The maximum Gasteiger partial charge on any atom is 0.187 e. The highest BCUT2D eigenvalue weighted by atomic mass is 16.7. The fraction of sp³-hybridized carbons (Fsp3) is 1.00. The van der Waals surface area contributed by atoms with Crippen molar-refractivity contribution >= 4 is 0 Å². The molecule has 0 aromatic rings. The first-order valence-electron chi connectivity index (χ1n) is 10.6. The predicted molar refractivity (Wildman–Crippen MR) is 101 cm³/mol. The van der Waals surface area contributed by atoms with Crippen molar-refractivity contribution in [1.82, 2.24) is 0 Å². The number of aliphatic hydroxyl groups is 11. The van der Waals surface area contributed by atoms with Crippen molar-refractivity contribution in [3.05, 3.63) is 0 Å². The van der Waals surface area contributed by atoms with Crippen molar-refractivity contribution in [3.63, 3.8) is 0 Å². The molecule has 3 aliphatic rings. The molecule has 0 saturated carbocycles. The summed E-state index contributed by atoms with van der Waals surface area (Å²) < 4.78 is 26.2. The molecule has 0 spiro atoms. The Balaban J connectivity index is 1.63. The Labute approximate surface area is 192 Å². The van der Waals surface area contributed by atoms with Crippen LogP contribution in [0.5, 0.6) is 0 Å². The van der Waals surface area contributed by atoms with E-state index in [0.29, 0.717) is 0 Å². The molecule has 3 aliphatic heterocycles. The quantitative estimate of drug-likeness (QED) is 0.154. The molecular formula is C18H32O16. The average molecular weight is 504 g/mol. The van der Waals surface area contributed by atoms with E-state index in [9.17, 15) is 56.2 Å². The second-order valence-corrected chi connectivity index (χ2v) is 8.37. The summed E-state index contributed by atoms with van der Waals surface area (Å²) in [6.45, 7) is -2.09. The molecule has 0 aromatic carbocycles. The van der Waals surface area contributed by atoms with Gasteiger partial charge in [-0.1, -0.05) is 0 Å². The highest BCUT2D eigenvalue weighted by molar-refractivity contribution is 4.94. The van der Waals surface area contributed by atoms with Crippen LogP contribution in [0.3, 0.4) is 0 Å². The highest BCUT2D eigenvalue weighted by Crippen LogP contribution is 2.30. The van der Waals surface area contributed by atoms with Crippen LogP contribution in [0.2, 0.25) is 0 Å². The molecule has 0 amide bonds. The minimum atomic E-state index is -1.82. The molecule has 200 valence electrons. The molecule has 3 rings (SSSR count). The third-order valence-corrected chi connectivity index (χ3v) is 6.07. The molecule has 16 nitrogen and oxygen atoms in total. The summed E-state index contributed by atoms with van der Waals surface area (Å²) in [6.07, 6.45) is -24.7. The summed E-state index contributed by atoms with van der Waals surface area (Å²) in [4.78, 5) is 0. The second-order valence-electron chi connectivity index (χ2n) is 8.37. The van der Waals surface area contributed by atoms with E-state index in [0.717, 1.165) is 0 Å². The predicted octanol–water partition coefficient (Wildman–Crippen LogP) is -7.57. The second kappa shape index (κ2) is 11.6. The molecule has 0 unspecified atom stereocenters. The first kappa shape index (κ1) is 27.9. The van der Waals surface area contributed by atoms with Gasteiger partial charge in [0, 0.05) is 0 Å². The Hall–Kier alpha value is -0.640. The summed E-state index contributed by atoms with van der Waals surface area (Å²) >= 11 is 0. The summed E-state index contributed by atoms with van der Waals surface area (Å²) in [5, 5.41) is 109. The van der Waals surface area contributed by atoms with Gasteiger partial charge in [0.1, 0.15) is 73.2 Å². The number of hydrogen-bond donors (Lipinski definition) is 11. The molecule has 11 N–H and O–H groups in total. The van der Waals surface area contributed by atoms with Crippen LogP contribution in [0, 0.1) is 0 Å². The van der Waals surface area contributed by atoms with Gasteiger partial charge in [-0.15, -0.1) is 0 Å². The third kappa shape index (κ3) is 5.52. The van der Waals surface area contributed by atoms with Gasteiger partial charge in [0.15, 0.2) is 18.9 Å². The van der Waals surface area contributed by atoms with Crippen LogP contribution in [0.1, 0.15) is 0 Å². The molecule has 16 heteroatoms. The monoisotopic (exact) mass is 504 g/mol. The summed E-state index contributed by atoms with van der Waals surface area (Å²) in [5.74, 6) is 0. The lowest BCUT2D eigenvalue weighted by Crippen LogP contribution is -2.65. The van der Waals surface area contributed by atoms with Crippen molar-refractivity contribution < 1.29 is 79.9 Å². The van der Waals surface area contributed by atoms with Gasteiger partial charge in [0.25, 0.3) is 0 Å². The van der Waals surface area contributed by atoms with Crippen molar-refractivity contribution in [2.45, 2.75) is 92.1 Å². The SMILES string of the molecule is OC[C@H]1O[C@H](O[C@@H]2[C@H](O)[C@@H](O)[C@H](OC[C@H]3O[C@@H](O)[C@H](O)[C@@H](O)[C@H]3O)O[C@@H]2CO)[C@H](O)[C@@H](O)[C@H]1O. The Morgan fingerprint density at radius 3 is 1.65 bits per heavy atom. The summed E-state index contributed by atoms with van der Waals surface area (Å²) in [5.41, 5.74) is 0. The minimum absolute atomic E-state index is 0.577. The van der Waals surface area contributed by atoms with Crippen molar-refractivity contribution in [1.29, 1.82) is 0 Å². The Kier molecular flexibility index (Phi) is 9.54. The maximum absolute atomic E-state index is 10.5. The number of hydrogen-bond acceptors (Lipinski definition) is 16. The van der Waals surface area contributed by atoms with Crippen molar-refractivity contribution in [2.75, 3.05) is 19.8 Å². The molecule has 15 atom stereocenters. The van der Waals surface area contributed by atoms with E-state index in [1.165, 1.54) is 0 Å². The molecule has 3 fully saturated rings. The largest absolute Gasteiger partial charge is 0.394 e. The van der Waals surface area contributed by atoms with E-state index < -0.39 is 112 Å². The topological polar surface area (TPSA) is 269 Å². The zero-order chi connectivity index (χ0) is 25.3. The Bertz CT molecular complexity index is 637. The van der Waals surface area contributed by atoms with E-state index in [1.807, 2.05) is 0 Å². The van der Waals surface area contributed by atoms with Gasteiger partial charge >= 0.3 is 0 Å². The summed E-state index contributed by atoms with van der Waals surface area (Å²) in [7, 11) is 0. The van der Waals surface area contributed by atoms with Crippen LogP contribution >= 0.6 is 0 Å². The lowest BCUT2D eigenvalue weighted by atomic mass is 9.97. The van der Waals surface area contributed by atoms with Gasteiger partial charge in [-0.25, -0.2) is 0 Å². The van der Waals surface area contributed by atoms with E-state index >= 15 is 0 Å². The zero-order valence-corrected chi connectivity index (χ0v) is 17.7. The van der Waals surface area contributed by atoms with Gasteiger partial charge in [0.05, 0.1) is 19.8 Å². The van der Waals surface area contributed by atoms with Crippen LogP contribution in [-0.4, -0.2) is 168 Å². The van der Waals surface area contributed by atoms with Gasteiger partial charge in [-0.3, -0.25) is 0 Å². The zero-order valence-electron chi connectivity index (χ0n) is 17.7. The lowest BCUT2D eigenvalue weighted by molar-refractivity contribution is -0.363. The Morgan fingerprint density at radius 2 is 1.03 bits per heavy atom. The number of aliphatic hydroxyl groups excluding tert-OH is 11. The van der Waals surface area contributed by atoms with Crippen LogP contribution in [0.4, 0.5) is 0 Å². The van der Waals surface area contributed by atoms with Crippen molar-refractivity contribution in [2.24, 2.45) is 0 Å². The molecule has 3 heterocycles. The fourth-order valence-corrected chi connectivity index (χ4v) is 3.95. The van der Waals surface area contributed by atoms with E-state index in [1.54, 1.807) is 0 Å². The molecule has 0 radical (unpaired) electrons. The van der Waals surface area contributed by atoms with Gasteiger partial charge in [-0.05, 0) is 0 Å². The first-order valence-corrected chi connectivity index (χ1v) is 10.6. The third-order valence-electron chi connectivity index (χ3n) is 6.07. The van der Waals surface area contributed by atoms with Crippen LogP contribution in [0.15, 0.2) is 0 Å². The normalized spacial score (nSPS) is 52.5. The van der Waals surface area contributed by atoms with E-state index in [-0.39, 0.29) is 0 Å². The number of rotatable bonds is 7. The van der Waals surface area contributed by atoms with Crippen LogP contribution in [-0.2, 0) is 23.7 Å². The molecule has 0 aromatic heterocycles. The van der Waals surface area contributed by atoms with Gasteiger partial charge < -0.3 is 79.9 Å². The van der Waals surface area contributed by atoms with Gasteiger partial charge in [-0.2, -0.15) is 0 Å². The highest BCUT2D eigenvalue weighted by Gasteiger charge is 2.51. The molecule has 3 saturated heterocycles. The van der Waals surface area contributed by atoms with Crippen LogP contribution < -0.4 is 0 Å². The van der Waals surface area contributed by atoms with E-state index in [4.69, 9.17) is 23.7 Å². The van der Waals surface area contributed by atoms with Gasteiger partial charge in [0.2, 0.25) is 0 Å². The van der Waals surface area contributed by atoms with Crippen molar-refractivity contribution in [3.8, 4) is 0 Å². The maximum atomic E-state index is 10.5. The molecular weight excluding hydrogens is 472 g/mol. The first-order chi connectivity index (χ1) is 16.0. The number of ether oxygens (including phenoxy) is 5. The Morgan fingerprint density at radius 1 is 0.500 bits per heavy atom. The minimum Gasteiger partial charge on any atom is -0.394 e. The smallest absolute Gasteiger partial charge is 0.187 e. The fourth-order valence-electron chi connectivity index (χ4n) is 3.95. The molecule has 0 bridgehead atoms. The summed E-state index contributed by atoms with van der Waals surface area (Å²) in [6, 6.07) is 0. The average Bonchev–Trinajstić information content (AvgIpc) is 2.83. The standard InChI is InChI=1S/C18H32O16/c19-1-4-7(21)10(24)13(27)18(32-4)34-15-5(2-20)33-17(14(28)11(15)25)30-3-6-8(22)9(23)12(26)16(29)31-6/h4-29H,1-3H2/t4-,5-,6-,7+,8+,9+,10+,11-,12-,13-,14-,15+,16-,17-,18-/m1/s1. The molecule has 34 heavy (non-hydrogen) atoms. The molecule has 0 aliphatic carbocycles. The lowest BCUT2D eigenvalue weighted by Gasteiger charge is -2.46. The van der Waals surface area contributed by atoms with Crippen LogP contribution in [0.25, 0.3) is 0 Å². The van der Waals surface area contributed by atoms with E-state index in [2.05, 4.69) is 0 Å².